The fourth-order valence-corrected chi connectivity index (χ4v) is 1.98. The predicted molar refractivity (Wildman–Crippen MR) is 78.5 cm³/mol. The van der Waals surface area contributed by atoms with E-state index in [2.05, 4.69) is 0 Å². The third kappa shape index (κ3) is 3.90. The van der Waals surface area contributed by atoms with E-state index in [1.807, 2.05) is 27.7 Å². The van der Waals surface area contributed by atoms with Gasteiger partial charge >= 0.3 is 0 Å². The van der Waals surface area contributed by atoms with E-state index in [1.165, 1.54) is 4.90 Å². The molecular weight excluding hydrogens is 277 g/mol. The molecule has 1 rings (SSSR count). The Morgan fingerprint density at radius 3 is 2.38 bits per heavy atom. The minimum absolute atomic E-state index is 0.134. The van der Waals surface area contributed by atoms with Crippen molar-refractivity contribution in [1.82, 2.24) is 4.90 Å². The molecule has 1 amide bonds. The summed E-state index contributed by atoms with van der Waals surface area (Å²) in [6.07, 6.45) is 0. The van der Waals surface area contributed by atoms with Gasteiger partial charge in [-0.1, -0.05) is 13.8 Å². The Balaban J connectivity index is 3.33. The van der Waals surface area contributed by atoms with Gasteiger partial charge < -0.3 is 10.6 Å². The average molecular weight is 297 g/mol. The van der Waals surface area contributed by atoms with Gasteiger partial charge in [0.15, 0.2) is 5.82 Å². The first-order valence-electron chi connectivity index (χ1n) is 6.69. The van der Waals surface area contributed by atoms with Crippen LogP contribution in [0.15, 0.2) is 12.1 Å². The fourth-order valence-electron chi connectivity index (χ4n) is 1.98. The third-order valence-electron chi connectivity index (χ3n) is 2.99. The zero-order chi connectivity index (χ0) is 16.3. The van der Waals surface area contributed by atoms with Gasteiger partial charge in [-0.25, -0.2) is 4.39 Å². The van der Waals surface area contributed by atoms with Gasteiger partial charge in [0.2, 0.25) is 0 Å². The van der Waals surface area contributed by atoms with Gasteiger partial charge in [-0.2, -0.15) is 0 Å². The molecule has 0 aliphatic rings. The number of amides is 1. The molecule has 0 atom stereocenters. The zero-order valence-electron chi connectivity index (χ0n) is 12.6. The smallest absolute Gasteiger partial charge is 0.285 e. The normalized spacial score (nSPS) is 11.0. The van der Waals surface area contributed by atoms with Gasteiger partial charge in [-0.15, -0.1) is 0 Å². The van der Waals surface area contributed by atoms with Crippen LogP contribution in [0.3, 0.4) is 0 Å². The van der Waals surface area contributed by atoms with Gasteiger partial charge in [0.05, 0.1) is 16.7 Å². The Morgan fingerprint density at radius 1 is 1.38 bits per heavy atom. The molecule has 0 radical (unpaired) electrons. The molecule has 6 nitrogen and oxygen atoms in total. The zero-order valence-corrected chi connectivity index (χ0v) is 12.6. The summed E-state index contributed by atoms with van der Waals surface area (Å²) >= 11 is 0. The number of hydrogen-bond acceptors (Lipinski definition) is 4. The summed E-state index contributed by atoms with van der Waals surface area (Å²) in [5, 5.41) is 11.0. The molecule has 0 fully saturated rings. The third-order valence-corrected chi connectivity index (χ3v) is 2.99. The van der Waals surface area contributed by atoms with E-state index in [9.17, 15) is 19.3 Å². The molecule has 0 bridgehead atoms. The number of benzene rings is 1. The summed E-state index contributed by atoms with van der Waals surface area (Å²) in [5.41, 5.74) is 4.40. The lowest BCUT2D eigenvalue weighted by molar-refractivity contribution is -0.385. The summed E-state index contributed by atoms with van der Waals surface area (Å²) in [7, 11) is 0. The lowest BCUT2D eigenvalue weighted by Gasteiger charge is -2.28. The van der Waals surface area contributed by atoms with E-state index >= 15 is 0 Å². The topological polar surface area (TPSA) is 89.5 Å². The van der Waals surface area contributed by atoms with Crippen molar-refractivity contribution in [3.63, 3.8) is 0 Å². The second-order valence-corrected chi connectivity index (χ2v) is 5.59. The molecule has 0 spiro atoms. The average Bonchev–Trinajstić information content (AvgIpc) is 2.37. The van der Waals surface area contributed by atoms with Crippen molar-refractivity contribution in [3.05, 3.63) is 33.6 Å². The van der Waals surface area contributed by atoms with Crippen LogP contribution in [-0.2, 0) is 0 Å². The van der Waals surface area contributed by atoms with Crippen molar-refractivity contribution in [1.29, 1.82) is 0 Å². The molecule has 0 unspecified atom stereocenters. The van der Waals surface area contributed by atoms with Crippen LogP contribution in [0.2, 0.25) is 0 Å². The number of nitro benzene ring substituents is 1. The van der Waals surface area contributed by atoms with E-state index < -0.39 is 22.3 Å². The highest BCUT2D eigenvalue weighted by molar-refractivity contribution is 5.99. The molecular formula is C14H20FN3O3. The Hall–Kier alpha value is -2.18. The van der Waals surface area contributed by atoms with E-state index in [-0.39, 0.29) is 23.2 Å². The minimum Gasteiger partial charge on any atom is -0.396 e. The molecule has 0 aromatic heterocycles. The van der Waals surface area contributed by atoms with Crippen LogP contribution in [0.1, 0.15) is 38.1 Å². The number of halogens is 1. The number of rotatable bonds is 5. The summed E-state index contributed by atoms with van der Waals surface area (Å²) in [4.78, 5) is 24.3. The van der Waals surface area contributed by atoms with Crippen molar-refractivity contribution < 1.29 is 14.1 Å². The number of carbonyl (C=O) groups excluding carboxylic acids is 1. The lowest BCUT2D eigenvalue weighted by atomic mass is 10.1. The van der Waals surface area contributed by atoms with Crippen molar-refractivity contribution in [2.75, 3.05) is 12.3 Å². The Labute approximate surface area is 122 Å². The quantitative estimate of drug-likeness (QED) is 0.514. The molecule has 1 aromatic rings. The fraction of sp³-hybridized carbons (Fsp3) is 0.500. The molecule has 1 aromatic carbocycles. The molecule has 0 aliphatic heterocycles. The van der Waals surface area contributed by atoms with Gasteiger partial charge in [-0.05, 0) is 25.8 Å². The molecule has 0 heterocycles. The van der Waals surface area contributed by atoms with Gasteiger partial charge in [0, 0.05) is 12.6 Å². The van der Waals surface area contributed by atoms with Crippen LogP contribution in [0.5, 0.6) is 0 Å². The summed E-state index contributed by atoms with van der Waals surface area (Å²) in [5.74, 6) is -1.22. The number of nitrogen functional groups attached to an aromatic ring is 1. The second-order valence-electron chi connectivity index (χ2n) is 5.59. The standard InChI is InChI=1S/C14H20FN3O3/c1-8(2)7-17(9(3)4)14(19)10-5-12(16)11(15)6-13(10)18(20)21/h5-6,8-9H,7,16H2,1-4H3. The van der Waals surface area contributed by atoms with Crippen LogP contribution in [0.4, 0.5) is 15.8 Å². The Morgan fingerprint density at radius 2 is 1.95 bits per heavy atom. The molecule has 0 saturated carbocycles. The molecule has 7 heteroatoms. The molecule has 2 N–H and O–H groups in total. The van der Waals surface area contributed by atoms with Gasteiger partial charge in [0.1, 0.15) is 5.56 Å². The van der Waals surface area contributed by atoms with Gasteiger partial charge in [-0.3, -0.25) is 14.9 Å². The van der Waals surface area contributed by atoms with Crippen LogP contribution in [-0.4, -0.2) is 28.3 Å². The highest BCUT2D eigenvalue weighted by Gasteiger charge is 2.28. The SMILES string of the molecule is CC(C)CN(C(=O)c1cc(N)c(F)cc1[N+](=O)[O-])C(C)C. The maximum Gasteiger partial charge on any atom is 0.285 e. The number of hydrogen-bond donors (Lipinski definition) is 1. The van der Waals surface area contributed by atoms with Crippen LogP contribution in [0, 0.1) is 21.8 Å². The van der Waals surface area contributed by atoms with Crippen molar-refractivity contribution in [2.24, 2.45) is 5.92 Å². The first-order chi connectivity index (χ1) is 9.65. The maximum absolute atomic E-state index is 13.4. The summed E-state index contributed by atoms with van der Waals surface area (Å²) in [6, 6.07) is 1.59. The van der Waals surface area contributed by atoms with E-state index in [0.29, 0.717) is 12.6 Å². The Kier molecular flexibility index (Phi) is 5.23. The van der Waals surface area contributed by atoms with Gasteiger partial charge in [0.25, 0.3) is 11.6 Å². The number of nitrogens with two attached hydrogens (primary N) is 1. The first-order valence-corrected chi connectivity index (χ1v) is 6.69. The van der Waals surface area contributed by atoms with Crippen molar-refractivity contribution in [2.45, 2.75) is 33.7 Å². The van der Waals surface area contributed by atoms with E-state index in [4.69, 9.17) is 5.73 Å². The molecule has 0 saturated heterocycles. The summed E-state index contributed by atoms with van der Waals surface area (Å²) < 4.78 is 13.4. The summed E-state index contributed by atoms with van der Waals surface area (Å²) in [6.45, 7) is 7.97. The number of carbonyl (C=O) groups is 1. The first kappa shape index (κ1) is 16.9. The second kappa shape index (κ2) is 6.51. The van der Waals surface area contributed by atoms with Crippen LogP contribution in [0.25, 0.3) is 0 Å². The Bertz CT molecular complexity index is 559. The highest BCUT2D eigenvalue weighted by atomic mass is 19.1. The van der Waals surface area contributed by atoms with E-state index in [0.717, 1.165) is 6.07 Å². The number of nitrogens with zero attached hydrogens (tertiary/aromatic N) is 2. The maximum atomic E-state index is 13.4. The monoisotopic (exact) mass is 297 g/mol. The van der Waals surface area contributed by atoms with Crippen LogP contribution >= 0.6 is 0 Å². The number of anilines is 1. The molecule has 116 valence electrons. The lowest BCUT2D eigenvalue weighted by Crippen LogP contribution is -2.39. The van der Waals surface area contributed by atoms with Crippen LogP contribution < -0.4 is 5.73 Å². The number of nitro groups is 1. The van der Waals surface area contributed by atoms with E-state index in [1.54, 1.807) is 0 Å². The van der Waals surface area contributed by atoms with Crippen molar-refractivity contribution >= 4 is 17.3 Å². The molecule has 21 heavy (non-hydrogen) atoms. The van der Waals surface area contributed by atoms with Crippen molar-refractivity contribution in [3.8, 4) is 0 Å². The minimum atomic E-state index is -0.904. The highest BCUT2D eigenvalue weighted by Crippen LogP contribution is 2.26. The molecule has 0 aliphatic carbocycles. The predicted octanol–water partition coefficient (Wildman–Crippen LogP) is 2.82. The largest absolute Gasteiger partial charge is 0.396 e.